The van der Waals surface area contributed by atoms with Gasteiger partial charge in [0, 0.05) is 16.1 Å². The quantitative estimate of drug-likeness (QED) is 0.0694. The van der Waals surface area contributed by atoms with Gasteiger partial charge in [-0.25, -0.2) is 10.2 Å². The smallest absolute Gasteiger partial charge is 0.336 e. The highest BCUT2D eigenvalue weighted by molar-refractivity contribution is 9.10. The van der Waals surface area contributed by atoms with Gasteiger partial charge in [-0.3, -0.25) is 4.79 Å². The molecule has 4 aromatic carbocycles. The first-order valence-corrected chi connectivity index (χ1v) is 13.3. The van der Waals surface area contributed by atoms with Crippen LogP contribution in [0.4, 0.5) is 0 Å². The van der Waals surface area contributed by atoms with E-state index in [2.05, 4.69) is 26.5 Å². The maximum absolute atomic E-state index is 12.5. The third-order valence-electron chi connectivity index (χ3n) is 5.53. The van der Waals surface area contributed by atoms with Crippen LogP contribution >= 0.6 is 15.9 Å². The lowest BCUT2D eigenvalue weighted by atomic mass is 10.2. The molecule has 0 fully saturated rings. The highest BCUT2D eigenvalue weighted by Crippen LogP contribution is 2.23. The Morgan fingerprint density at radius 2 is 1.57 bits per heavy atom. The van der Waals surface area contributed by atoms with E-state index in [9.17, 15) is 9.59 Å². The molecule has 4 aromatic rings. The number of carbonyl (C=O) groups excluding carboxylic acids is 2. The largest absolute Gasteiger partial charge is 0.489 e. The van der Waals surface area contributed by atoms with Crippen molar-refractivity contribution in [1.82, 2.24) is 5.43 Å². The van der Waals surface area contributed by atoms with Crippen molar-refractivity contribution in [3.63, 3.8) is 0 Å². The zero-order chi connectivity index (χ0) is 28.2. The van der Waals surface area contributed by atoms with Crippen LogP contribution in [0, 0.1) is 0 Å². The second kappa shape index (κ2) is 14.5. The van der Waals surface area contributed by atoms with Crippen molar-refractivity contribution in [1.29, 1.82) is 0 Å². The molecule has 0 aromatic heterocycles. The summed E-state index contributed by atoms with van der Waals surface area (Å²) >= 11 is 3.40. The topological polar surface area (TPSA) is 86.2 Å². The minimum Gasteiger partial charge on any atom is -0.489 e. The first-order valence-electron chi connectivity index (χ1n) is 12.5. The highest BCUT2D eigenvalue weighted by Gasteiger charge is 2.14. The van der Waals surface area contributed by atoms with Gasteiger partial charge in [-0.05, 0) is 66.6 Å². The van der Waals surface area contributed by atoms with E-state index in [-0.39, 0.29) is 0 Å². The normalized spacial score (nSPS) is 11.8. The van der Waals surface area contributed by atoms with Crippen LogP contribution in [0.15, 0.2) is 119 Å². The summed E-state index contributed by atoms with van der Waals surface area (Å²) in [6, 6.07) is 31.4. The fourth-order valence-corrected chi connectivity index (χ4v) is 3.83. The number of hydrazone groups is 1. The molecule has 0 spiro atoms. The van der Waals surface area contributed by atoms with Gasteiger partial charge in [0.05, 0.1) is 6.21 Å². The van der Waals surface area contributed by atoms with E-state index < -0.39 is 18.0 Å². The fraction of sp³-hybridized carbons (Fsp3) is 0.0938. The number of carbonyl (C=O) groups is 2. The summed E-state index contributed by atoms with van der Waals surface area (Å²) in [5.74, 6) is 0.522. The van der Waals surface area contributed by atoms with Crippen LogP contribution in [0.2, 0.25) is 0 Å². The van der Waals surface area contributed by atoms with Crippen molar-refractivity contribution >= 4 is 40.1 Å². The Morgan fingerprint density at radius 1 is 0.900 bits per heavy atom. The number of esters is 1. The molecule has 1 amide bonds. The molecule has 0 saturated carbocycles. The lowest BCUT2D eigenvalue weighted by molar-refractivity contribution is -0.129. The number of nitrogens with zero attached hydrogens (tertiary/aromatic N) is 1. The zero-order valence-corrected chi connectivity index (χ0v) is 23.3. The van der Waals surface area contributed by atoms with Crippen LogP contribution in [-0.4, -0.2) is 24.2 Å². The van der Waals surface area contributed by atoms with Gasteiger partial charge in [0.1, 0.15) is 23.9 Å². The summed E-state index contributed by atoms with van der Waals surface area (Å²) in [7, 11) is 0. The van der Waals surface area contributed by atoms with Crippen LogP contribution in [0.5, 0.6) is 17.2 Å². The van der Waals surface area contributed by atoms with E-state index in [1.165, 1.54) is 12.3 Å². The van der Waals surface area contributed by atoms with Gasteiger partial charge in [-0.2, -0.15) is 5.10 Å². The lowest BCUT2D eigenvalue weighted by Crippen LogP contribution is -2.33. The Morgan fingerprint density at radius 3 is 2.30 bits per heavy atom. The molecule has 4 rings (SSSR count). The third-order valence-corrected chi connectivity index (χ3v) is 6.02. The minimum atomic E-state index is -0.809. The maximum Gasteiger partial charge on any atom is 0.336 e. The molecular weight excluding hydrogens is 572 g/mol. The third kappa shape index (κ3) is 8.96. The van der Waals surface area contributed by atoms with E-state index in [1.807, 2.05) is 60.7 Å². The number of amides is 1. The van der Waals surface area contributed by atoms with Crippen molar-refractivity contribution in [3.8, 4) is 17.2 Å². The summed E-state index contributed by atoms with van der Waals surface area (Å²) in [6.07, 6.45) is 3.61. The molecule has 0 aliphatic carbocycles. The van der Waals surface area contributed by atoms with Crippen molar-refractivity contribution in [2.75, 3.05) is 0 Å². The average Bonchev–Trinajstić information content (AvgIpc) is 2.98. The molecule has 8 heteroatoms. The second-order valence-electron chi connectivity index (χ2n) is 8.59. The number of nitrogens with one attached hydrogen (secondary N) is 1. The number of hydrogen-bond acceptors (Lipinski definition) is 6. The number of halogens is 1. The van der Waals surface area contributed by atoms with E-state index in [4.69, 9.17) is 14.2 Å². The molecule has 0 unspecified atom stereocenters. The van der Waals surface area contributed by atoms with Gasteiger partial charge in [-0.15, -0.1) is 0 Å². The van der Waals surface area contributed by atoms with Crippen LogP contribution in [0.1, 0.15) is 23.6 Å². The molecule has 1 atom stereocenters. The zero-order valence-electron chi connectivity index (χ0n) is 21.7. The summed E-state index contributed by atoms with van der Waals surface area (Å²) < 4.78 is 17.7. The highest BCUT2D eigenvalue weighted by atomic mass is 79.9. The Labute approximate surface area is 241 Å². The Kier molecular flexibility index (Phi) is 10.2. The molecule has 0 aliphatic rings. The minimum absolute atomic E-state index is 0.294. The molecule has 7 nitrogen and oxygen atoms in total. The molecule has 1 N–H and O–H groups in total. The van der Waals surface area contributed by atoms with E-state index in [0.717, 1.165) is 15.6 Å². The first kappa shape index (κ1) is 28.3. The monoisotopic (exact) mass is 598 g/mol. The maximum atomic E-state index is 12.5. The van der Waals surface area contributed by atoms with E-state index in [0.29, 0.717) is 29.4 Å². The molecule has 0 aliphatic heterocycles. The first-order chi connectivity index (χ1) is 19.5. The summed E-state index contributed by atoms with van der Waals surface area (Å²) in [5, 5.41) is 4.02. The van der Waals surface area contributed by atoms with Crippen molar-refractivity contribution in [2.45, 2.75) is 19.6 Å². The Balaban J connectivity index is 1.29. The summed E-state index contributed by atoms with van der Waals surface area (Å²) in [6.45, 7) is 2.08. The lowest BCUT2D eigenvalue weighted by Gasteiger charge is -2.13. The van der Waals surface area contributed by atoms with Crippen molar-refractivity contribution in [2.24, 2.45) is 5.10 Å². The molecule has 0 radical (unpaired) electrons. The Hall–Kier alpha value is -4.69. The number of benzene rings is 4. The van der Waals surface area contributed by atoms with Gasteiger partial charge in [0.15, 0.2) is 6.10 Å². The number of rotatable bonds is 11. The van der Waals surface area contributed by atoms with Crippen LogP contribution in [-0.2, 0) is 16.2 Å². The molecule has 0 bridgehead atoms. The molecule has 202 valence electrons. The average molecular weight is 599 g/mol. The van der Waals surface area contributed by atoms with Crippen molar-refractivity contribution in [3.05, 3.63) is 130 Å². The number of hydrogen-bond donors (Lipinski definition) is 1. The van der Waals surface area contributed by atoms with Gasteiger partial charge in [0.25, 0.3) is 5.91 Å². The predicted molar refractivity (Wildman–Crippen MR) is 158 cm³/mol. The predicted octanol–water partition coefficient (Wildman–Crippen LogP) is 6.56. The van der Waals surface area contributed by atoms with E-state index >= 15 is 0 Å². The standard InChI is InChI=1S/C32H27BrN2O5/c1-23(39-29-16-14-28(15-17-29)38-22-25-10-6-3-7-11-25)32(37)35-34-21-26-20-27(33)13-18-30(26)40-31(36)19-12-24-8-4-2-5-9-24/h2-21,23H,22H2,1H3,(H,35,37)/b19-12+,34-21-/t23-/m0/s1. The summed E-state index contributed by atoms with van der Waals surface area (Å²) in [4.78, 5) is 24.9. The van der Waals surface area contributed by atoms with Gasteiger partial charge >= 0.3 is 5.97 Å². The van der Waals surface area contributed by atoms with Gasteiger partial charge in [-0.1, -0.05) is 76.6 Å². The molecule has 40 heavy (non-hydrogen) atoms. The second-order valence-corrected chi connectivity index (χ2v) is 9.50. The number of ether oxygens (including phenoxy) is 3. The fourth-order valence-electron chi connectivity index (χ4n) is 3.45. The van der Waals surface area contributed by atoms with Gasteiger partial charge in [0.2, 0.25) is 0 Å². The van der Waals surface area contributed by atoms with E-state index in [1.54, 1.807) is 55.5 Å². The van der Waals surface area contributed by atoms with Crippen LogP contribution in [0.3, 0.4) is 0 Å². The summed E-state index contributed by atoms with van der Waals surface area (Å²) in [5.41, 5.74) is 4.90. The van der Waals surface area contributed by atoms with Crippen LogP contribution in [0.25, 0.3) is 6.08 Å². The molecule has 0 heterocycles. The SMILES string of the molecule is C[C@H](Oc1ccc(OCc2ccccc2)cc1)C(=O)N/N=C\c1cc(Br)ccc1OC(=O)/C=C/c1ccccc1. The van der Waals surface area contributed by atoms with Crippen LogP contribution < -0.4 is 19.6 Å². The van der Waals surface area contributed by atoms with Crippen molar-refractivity contribution < 1.29 is 23.8 Å². The molecular formula is C32H27BrN2O5. The van der Waals surface area contributed by atoms with Gasteiger partial charge < -0.3 is 14.2 Å². The molecule has 0 saturated heterocycles. The Bertz CT molecular complexity index is 1470.